The Morgan fingerprint density at radius 1 is 1.15 bits per heavy atom. The minimum absolute atomic E-state index is 0.0206. The summed E-state index contributed by atoms with van der Waals surface area (Å²) in [7, 11) is 0. The molecule has 0 amide bonds. The van der Waals surface area contributed by atoms with Gasteiger partial charge < -0.3 is 4.84 Å². The fourth-order valence-electron chi connectivity index (χ4n) is 1.58. The lowest BCUT2D eigenvalue weighted by Gasteiger charge is -2.03. The molecule has 0 atom stereocenters. The van der Waals surface area contributed by atoms with E-state index in [1.807, 2.05) is 0 Å². The van der Waals surface area contributed by atoms with Crippen molar-refractivity contribution in [3.05, 3.63) is 70.2 Å². The summed E-state index contributed by atoms with van der Waals surface area (Å²) in [5.74, 6) is 0. The van der Waals surface area contributed by atoms with Crippen molar-refractivity contribution in [1.82, 2.24) is 0 Å². The van der Waals surface area contributed by atoms with Crippen LogP contribution in [0.4, 0.5) is 8.78 Å². The normalized spacial score (nSPS) is 11.2. The summed E-state index contributed by atoms with van der Waals surface area (Å²) in [6.07, 6.45) is -0.944. The Bertz CT molecular complexity index is 585. The van der Waals surface area contributed by atoms with Crippen molar-refractivity contribution < 1.29 is 13.6 Å². The molecule has 0 aliphatic rings. The SMILES string of the molecule is FC(F)c1cccc(CON=Cc2ccc(Cl)cc2)c1. The molecule has 5 heteroatoms. The topological polar surface area (TPSA) is 21.6 Å². The maximum atomic E-state index is 12.5. The molecular weight excluding hydrogens is 284 g/mol. The van der Waals surface area contributed by atoms with E-state index in [2.05, 4.69) is 5.16 Å². The van der Waals surface area contributed by atoms with Crippen LogP contribution in [0, 0.1) is 0 Å². The number of alkyl halides is 2. The molecule has 0 aliphatic heterocycles. The van der Waals surface area contributed by atoms with Gasteiger partial charge in [-0.15, -0.1) is 0 Å². The van der Waals surface area contributed by atoms with Gasteiger partial charge in [0.1, 0.15) is 6.61 Å². The van der Waals surface area contributed by atoms with Gasteiger partial charge >= 0.3 is 0 Å². The maximum Gasteiger partial charge on any atom is 0.263 e. The Hall–Kier alpha value is -1.94. The second kappa shape index (κ2) is 7.01. The van der Waals surface area contributed by atoms with Gasteiger partial charge in [0.2, 0.25) is 0 Å². The summed E-state index contributed by atoms with van der Waals surface area (Å²) in [5, 5.41) is 4.43. The molecule has 2 nitrogen and oxygen atoms in total. The first-order chi connectivity index (χ1) is 9.65. The van der Waals surface area contributed by atoms with Crippen molar-refractivity contribution in [3.8, 4) is 0 Å². The third-order valence-corrected chi connectivity index (χ3v) is 2.83. The van der Waals surface area contributed by atoms with Crippen molar-refractivity contribution in [3.63, 3.8) is 0 Å². The molecule has 0 bridgehead atoms. The number of hydrogen-bond donors (Lipinski definition) is 0. The van der Waals surface area contributed by atoms with Crippen molar-refractivity contribution in [1.29, 1.82) is 0 Å². The number of nitrogens with zero attached hydrogens (tertiary/aromatic N) is 1. The molecule has 104 valence electrons. The summed E-state index contributed by atoms with van der Waals surface area (Å²) in [4.78, 5) is 5.08. The minimum Gasteiger partial charge on any atom is -0.391 e. The van der Waals surface area contributed by atoms with Gasteiger partial charge in [-0.2, -0.15) is 0 Å². The third kappa shape index (κ3) is 4.31. The van der Waals surface area contributed by atoms with Crippen LogP contribution in [0.1, 0.15) is 23.1 Å². The first-order valence-electron chi connectivity index (χ1n) is 5.93. The van der Waals surface area contributed by atoms with Crippen LogP contribution in [0.15, 0.2) is 53.7 Å². The van der Waals surface area contributed by atoms with Crippen LogP contribution in [0.2, 0.25) is 5.02 Å². The zero-order chi connectivity index (χ0) is 14.4. The highest BCUT2D eigenvalue weighted by Crippen LogP contribution is 2.19. The summed E-state index contributed by atoms with van der Waals surface area (Å²) in [6.45, 7) is 0.144. The van der Waals surface area contributed by atoms with Gasteiger partial charge in [-0.05, 0) is 29.3 Å². The number of benzene rings is 2. The molecule has 2 aromatic carbocycles. The summed E-state index contributed by atoms with van der Waals surface area (Å²) < 4.78 is 25.0. The van der Waals surface area contributed by atoms with Crippen LogP contribution in [-0.4, -0.2) is 6.21 Å². The third-order valence-electron chi connectivity index (χ3n) is 2.58. The maximum absolute atomic E-state index is 12.5. The number of hydrogen-bond acceptors (Lipinski definition) is 2. The highest BCUT2D eigenvalue weighted by molar-refractivity contribution is 6.30. The second-order valence-electron chi connectivity index (χ2n) is 4.11. The largest absolute Gasteiger partial charge is 0.391 e. The van der Waals surface area contributed by atoms with E-state index in [9.17, 15) is 8.78 Å². The smallest absolute Gasteiger partial charge is 0.263 e. The molecule has 0 aromatic heterocycles. The molecule has 0 saturated heterocycles. The molecule has 0 aliphatic carbocycles. The van der Waals surface area contributed by atoms with Crippen molar-refractivity contribution in [2.24, 2.45) is 5.16 Å². The van der Waals surface area contributed by atoms with Crippen LogP contribution >= 0.6 is 11.6 Å². The Labute approximate surface area is 120 Å². The molecule has 0 N–H and O–H groups in total. The summed E-state index contributed by atoms with van der Waals surface area (Å²) in [6, 6.07) is 13.2. The lowest BCUT2D eigenvalue weighted by molar-refractivity contribution is 0.130. The lowest BCUT2D eigenvalue weighted by atomic mass is 10.1. The predicted molar refractivity (Wildman–Crippen MR) is 75.2 cm³/mol. The lowest BCUT2D eigenvalue weighted by Crippen LogP contribution is -1.91. The van der Waals surface area contributed by atoms with Crippen molar-refractivity contribution in [2.45, 2.75) is 13.0 Å². The molecule has 2 rings (SSSR count). The highest BCUT2D eigenvalue weighted by Gasteiger charge is 2.06. The van der Waals surface area contributed by atoms with Gasteiger partial charge in [-0.1, -0.05) is 47.1 Å². The average molecular weight is 296 g/mol. The molecule has 0 saturated carbocycles. The Morgan fingerprint density at radius 2 is 1.90 bits per heavy atom. The standard InChI is InChI=1S/C15H12ClF2NO/c16-14-6-4-11(5-7-14)9-19-20-10-12-2-1-3-13(8-12)15(17)18/h1-9,15H,10H2. The van der Waals surface area contributed by atoms with E-state index < -0.39 is 6.43 Å². The Morgan fingerprint density at radius 3 is 2.60 bits per heavy atom. The molecule has 0 heterocycles. The second-order valence-corrected chi connectivity index (χ2v) is 4.54. The number of oxime groups is 1. The van der Waals surface area contributed by atoms with Gasteiger partial charge in [-0.25, -0.2) is 8.78 Å². The fourth-order valence-corrected chi connectivity index (χ4v) is 1.70. The van der Waals surface area contributed by atoms with E-state index in [4.69, 9.17) is 16.4 Å². The first-order valence-corrected chi connectivity index (χ1v) is 6.31. The Kier molecular flexibility index (Phi) is 5.07. The molecule has 0 fully saturated rings. The van der Waals surface area contributed by atoms with Crippen LogP contribution in [0.25, 0.3) is 0 Å². The van der Waals surface area contributed by atoms with Crippen LogP contribution in [-0.2, 0) is 11.4 Å². The molecule has 0 radical (unpaired) electrons. The minimum atomic E-state index is -2.48. The van der Waals surface area contributed by atoms with Gasteiger partial charge in [0.25, 0.3) is 6.43 Å². The van der Waals surface area contributed by atoms with E-state index in [1.165, 1.54) is 18.3 Å². The zero-order valence-electron chi connectivity index (χ0n) is 10.5. The molecule has 0 spiro atoms. The first kappa shape index (κ1) is 14.5. The van der Waals surface area contributed by atoms with Crippen LogP contribution in [0.3, 0.4) is 0 Å². The predicted octanol–water partition coefficient (Wildman–Crippen LogP) is 4.83. The van der Waals surface area contributed by atoms with Gasteiger partial charge in [0.15, 0.2) is 0 Å². The number of rotatable bonds is 5. The number of halogens is 3. The van der Waals surface area contributed by atoms with Gasteiger partial charge in [-0.3, -0.25) is 0 Å². The zero-order valence-corrected chi connectivity index (χ0v) is 11.2. The van der Waals surface area contributed by atoms with Crippen LogP contribution in [0.5, 0.6) is 0 Å². The molecule has 0 unspecified atom stereocenters. The Balaban J connectivity index is 1.89. The monoisotopic (exact) mass is 295 g/mol. The van der Waals surface area contributed by atoms with Crippen LogP contribution < -0.4 is 0 Å². The quantitative estimate of drug-likeness (QED) is 0.572. The highest BCUT2D eigenvalue weighted by atomic mass is 35.5. The van der Waals surface area contributed by atoms with Crippen molar-refractivity contribution >= 4 is 17.8 Å². The van der Waals surface area contributed by atoms with E-state index in [0.29, 0.717) is 10.6 Å². The summed E-state index contributed by atoms with van der Waals surface area (Å²) >= 11 is 5.76. The molecule has 20 heavy (non-hydrogen) atoms. The van der Waals surface area contributed by atoms with E-state index in [-0.39, 0.29) is 12.2 Å². The van der Waals surface area contributed by atoms with Crippen molar-refractivity contribution in [2.75, 3.05) is 0 Å². The van der Waals surface area contributed by atoms with Gasteiger partial charge in [0, 0.05) is 10.6 Å². The molecule has 2 aromatic rings. The van der Waals surface area contributed by atoms with E-state index in [1.54, 1.807) is 36.4 Å². The summed E-state index contributed by atoms with van der Waals surface area (Å²) in [5.41, 5.74) is 1.47. The average Bonchev–Trinajstić information content (AvgIpc) is 2.46. The molecular formula is C15H12ClF2NO. The fraction of sp³-hybridized carbons (Fsp3) is 0.133. The van der Waals surface area contributed by atoms with E-state index >= 15 is 0 Å². The van der Waals surface area contributed by atoms with E-state index in [0.717, 1.165) is 5.56 Å². The van der Waals surface area contributed by atoms with Gasteiger partial charge in [0.05, 0.1) is 6.21 Å².